The van der Waals surface area contributed by atoms with Crippen molar-refractivity contribution < 1.29 is 18.0 Å². The van der Waals surface area contributed by atoms with E-state index in [-0.39, 0.29) is 17.3 Å². The Morgan fingerprint density at radius 2 is 1.85 bits per heavy atom. The first kappa shape index (κ1) is 19.4. The number of rotatable bonds is 6. The van der Waals surface area contributed by atoms with Crippen LogP contribution in [-0.2, 0) is 6.18 Å². The highest BCUT2D eigenvalue weighted by molar-refractivity contribution is 6.04. The van der Waals surface area contributed by atoms with Crippen molar-refractivity contribution in [3.8, 4) is 0 Å². The van der Waals surface area contributed by atoms with Crippen molar-refractivity contribution in [1.82, 2.24) is 14.9 Å². The van der Waals surface area contributed by atoms with Gasteiger partial charge in [-0.1, -0.05) is 0 Å². The number of carbonyl (C=O) groups excluding carboxylic acids is 1. The van der Waals surface area contributed by atoms with E-state index in [2.05, 4.69) is 20.6 Å². The molecule has 1 amide bonds. The molecule has 7 nitrogen and oxygen atoms in total. The Hall–Kier alpha value is -2.88. The minimum Gasteiger partial charge on any atom is -0.399 e. The zero-order chi connectivity index (χ0) is 19.3. The van der Waals surface area contributed by atoms with Crippen LogP contribution in [0, 0.1) is 0 Å². The summed E-state index contributed by atoms with van der Waals surface area (Å²) in [5, 5.41) is 5.07. The third-order valence-electron chi connectivity index (χ3n) is 3.27. The molecule has 1 heterocycles. The number of nitrogen functional groups attached to an aromatic ring is 1. The highest BCUT2D eigenvalue weighted by atomic mass is 19.4. The van der Waals surface area contributed by atoms with E-state index in [0.717, 1.165) is 0 Å². The summed E-state index contributed by atoms with van der Waals surface area (Å²) in [5.74, 6) is -1.06. The van der Waals surface area contributed by atoms with Crippen LogP contribution in [0.15, 0.2) is 30.3 Å². The Balaban J connectivity index is 2.22. The SMILES string of the molecule is CN(C)CCNc1nc(NC(=O)c2ccc(N)cc2)cc(C(F)(F)F)n1. The van der Waals surface area contributed by atoms with Crippen LogP contribution in [-0.4, -0.2) is 48.0 Å². The fraction of sp³-hybridized carbons (Fsp3) is 0.312. The van der Waals surface area contributed by atoms with E-state index >= 15 is 0 Å². The summed E-state index contributed by atoms with van der Waals surface area (Å²) in [4.78, 5) is 21.4. The van der Waals surface area contributed by atoms with Gasteiger partial charge in [-0.15, -0.1) is 0 Å². The first-order chi connectivity index (χ1) is 12.1. The molecule has 0 bridgehead atoms. The minimum atomic E-state index is -4.67. The molecule has 0 aliphatic heterocycles. The van der Waals surface area contributed by atoms with Gasteiger partial charge in [-0.05, 0) is 38.4 Å². The second-order valence-electron chi connectivity index (χ2n) is 5.77. The van der Waals surface area contributed by atoms with Crippen molar-refractivity contribution >= 4 is 23.4 Å². The number of aromatic nitrogens is 2. The van der Waals surface area contributed by atoms with E-state index in [0.29, 0.717) is 24.8 Å². The van der Waals surface area contributed by atoms with E-state index < -0.39 is 17.8 Å². The maximum absolute atomic E-state index is 13.1. The minimum absolute atomic E-state index is 0.214. The molecule has 0 unspecified atom stereocenters. The average molecular weight is 368 g/mol. The molecule has 1 aromatic carbocycles. The lowest BCUT2D eigenvalue weighted by atomic mass is 10.2. The molecule has 10 heteroatoms. The molecule has 2 aromatic rings. The van der Waals surface area contributed by atoms with E-state index in [4.69, 9.17) is 5.73 Å². The van der Waals surface area contributed by atoms with Gasteiger partial charge in [-0.2, -0.15) is 18.2 Å². The first-order valence-electron chi connectivity index (χ1n) is 7.67. The second-order valence-corrected chi connectivity index (χ2v) is 5.77. The van der Waals surface area contributed by atoms with Crippen LogP contribution < -0.4 is 16.4 Å². The lowest BCUT2D eigenvalue weighted by Crippen LogP contribution is -2.23. The molecule has 140 valence electrons. The summed E-state index contributed by atoms with van der Waals surface area (Å²) in [6.45, 7) is 0.923. The van der Waals surface area contributed by atoms with Gasteiger partial charge in [-0.25, -0.2) is 4.98 Å². The first-order valence-corrected chi connectivity index (χ1v) is 7.67. The van der Waals surface area contributed by atoms with Gasteiger partial charge in [0.2, 0.25) is 5.95 Å². The van der Waals surface area contributed by atoms with E-state index in [9.17, 15) is 18.0 Å². The van der Waals surface area contributed by atoms with Crippen LogP contribution in [0.2, 0.25) is 0 Å². The molecular weight excluding hydrogens is 349 g/mol. The van der Waals surface area contributed by atoms with Crippen LogP contribution in [0.3, 0.4) is 0 Å². The lowest BCUT2D eigenvalue weighted by Gasteiger charge is -2.14. The zero-order valence-electron chi connectivity index (χ0n) is 14.3. The number of likely N-dealkylation sites (N-methyl/N-ethyl adjacent to an activating group) is 1. The van der Waals surface area contributed by atoms with Gasteiger partial charge < -0.3 is 21.3 Å². The van der Waals surface area contributed by atoms with Gasteiger partial charge >= 0.3 is 6.18 Å². The summed E-state index contributed by atoms with van der Waals surface area (Å²) in [6.07, 6.45) is -4.67. The molecule has 0 radical (unpaired) electrons. The summed E-state index contributed by atoms with van der Waals surface area (Å²) < 4.78 is 39.2. The largest absolute Gasteiger partial charge is 0.433 e. The third-order valence-corrected chi connectivity index (χ3v) is 3.27. The highest BCUT2D eigenvalue weighted by Gasteiger charge is 2.34. The Morgan fingerprint density at radius 3 is 2.42 bits per heavy atom. The van der Waals surface area contributed by atoms with Crippen LogP contribution in [0.1, 0.15) is 16.1 Å². The fourth-order valence-corrected chi connectivity index (χ4v) is 1.95. The topological polar surface area (TPSA) is 96.2 Å². The Morgan fingerprint density at radius 1 is 1.19 bits per heavy atom. The predicted molar refractivity (Wildman–Crippen MR) is 92.9 cm³/mol. The van der Waals surface area contributed by atoms with Crippen LogP contribution in [0.4, 0.5) is 30.6 Å². The van der Waals surface area contributed by atoms with Gasteiger partial charge in [0.05, 0.1) is 0 Å². The molecular formula is C16H19F3N6O. The van der Waals surface area contributed by atoms with Crippen molar-refractivity contribution in [2.45, 2.75) is 6.18 Å². The molecule has 4 N–H and O–H groups in total. The third kappa shape index (κ3) is 5.59. The van der Waals surface area contributed by atoms with Crippen LogP contribution >= 0.6 is 0 Å². The summed E-state index contributed by atoms with van der Waals surface area (Å²) in [5.41, 5.74) is 5.11. The van der Waals surface area contributed by atoms with Crippen LogP contribution in [0.25, 0.3) is 0 Å². The maximum atomic E-state index is 13.1. The fourth-order valence-electron chi connectivity index (χ4n) is 1.95. The molecule has 0 aliphatic rings. The number of nitrogens with one attached hydrogen (secondary N) is 2. The van der Waals surface area contributed by atoms with Gasteiger partial charge in [0.25, 0.3) is 5.91 Å². The number of carbonyl (C=O) groups is 1. The number of amides is 1. The molecule has 0 atom stereocenters. The highest BCUT2D eigenvalue weighted by Crippen LogP contribution is 2.29. The molecule has 0 saturated heterocycles. The molecule has 0 spiro atoms. The smallest absolute Gasteiger partial charge is 0.399 e. The second kappa shape index (κ2) is 8.00. The Labute approximate surface area is 148 Å². The zero-order valence-corrected chi connectivity index (χ0v) is 14.3. The number of nitrogens with two attached hydrogens (primary N) is 1. The van der Waals surface area contributed by atoms with Crippen molar-refractivity contribution in [3.63, 3.8) is 0 Å². The van der Waals surface area contributed by atoms with Gasteiger partial charge in [-0.3, -0.25) is 4.79 Å². The van der Waals surface area contributed by atoms with Crippen molar-refractivity contribution in [2.75, 3.05) is 43.6 Å². The maximum Gasteiger partial charge on any atom is 0.433 e. The van der Waals surface area contributed by atoms with Gasteiger partial charge in [0.1, 0.15) is 5.82 Å². The van der Waals surface area contributed by atoms with E-state index in [1.165, 1.54) is 24.3 Å². The monoisotopic (exact) mass is 368 g/mol. The van der Waals surface area contributed by atoms with Gasteiger partial charge in [0, 0.05) is 30.4 Å². The number of anilines is 3. The quantitative estimate of drug-likeness (QED) is 0.677. The lowest BCUT2D eigenvalue weighted by molar-refractivity contribution is -0.141. The van der Waals surface area contributed by atoms with Crippen molar-refractivity contribution in [1.29, 1.82) is 0 Å². The summed E-state index contributed by atoms with van der Waals surface area (Å²) in [7, 11) is 3.65. The molecule has 1 aromatic heterocycles. The molecule has 26 heavy (non-hydrogen) atoms. The number of nitrogens with zero attached hydrogens (tertiary/aromatic N) is 3. The summed E-state index contributed by atoms with van der Waals surface area (Å²) >= 11 is 0. The Bertz CT molecular complexity index is 762. The predicted octanol–water partition coefficient (Wildman–Crippen LogP) is 2.30. The molecule has 0 saturated carbocycles. The van der Waals surface area contributed by atoms with E-state index in [1.807, 2.05) is 19.0 Å². The molecule has 2 rings (SSSR count). The normalized spacial score (nSPS) is 11.5. The van der Waals surface area contributed by atoms with E-state index in [1.54, 1.807) is 0 Å². The average Bonchev–Trinajstić information content (AvgIpc) is 2.54. The van der Waals surface area contributed by atoms with Crippen LogP contribution in [0.5, 0.6) is 0 Å². The number of benzene rings is 1. The molecule has 0 aliphatic carbocycles. The number of alkyl halides is 3. The standard InChI is InChI=1S/C16H19F3N6O/c1-25(2)8-7-21-15-22-12(16(17,18)19)9-13(24-15)23-14(26)10-3-5-11(20)6-4-10/h3-6,9H,7-8,20H2,1-2H3,(H2,21,22,23,24,26). The number of halogens is 3. The van der Waals surface area contributed by atoms with Gasteiger partial charge in [0.15, 0.2) is 5.69 Å². The Kier molecular flexibility index (Phi) is 5.98. The summed E-state index contributed by atoms with van der Waals surface area (Å²) in [6, 6.07) is 6.65. The van der Waals surface area contributed by atoms with Crippen molar-refractivity contribution in [3.05, 3.63) is 41.6 Å². The molecule has 0 fully saturated rings. The van der Waals surface area contributed by atoms with Crippen molar-refractivity contribution in [2.24, 2.45) is 0 Å². The number of hydrogen-bond donors (Lipinski definition) is 3. The number of hydrogen-bond acceptors (Lipinski definition) is 6.